The molecular formula is C26H27N5O3. The number of piperazine rings is 1. The molecule has 1 aliphatic heterocycles. The fourth-order valence-electron chi connectivity index (χ4n) is 4.13. The van der Waals surface area contributed by atoms with Crippen molar-refractivity contribution in [3.05, 3.63) is 84.4 Å². The van der Waals surface area contributed by atoms with Gasteiger partial charge >= 0.3 is 0 Å². The van der Waals surface area contributed by atoms with Crippen molar-refractivity contribution >= 4 is 22.8 Å². The molecule has 0 radical (unpaired) electrons. The van der Waals surface area contributed by atoms with Crippen molar-refractivity contribution in [2.75, 3.05) is 44.2 Å². The standard InChI is InChI=1S/C26H27N5O3/c32-25(27-13-14-30-15-17-31(18-16-30)26-28-11-6-12-29-26)24-22(19-33-20-7-2-1-3-8-20)21-9-4-5-10-23(21)34-24/h1-12H,13-19H2,(H,27,32). The normalized spacial score (nSPS) is 14.3. The van der Waals surface area contributed by atoms with Crippen molar-refractivity contribution in [2.24, 2.45) is 0 Å². The van der Waals surface area contributed by atoms with E-state index in [1.807, 2.05) is 60.7 Å². The number of anilines is 1. The van der Waals surface area contributed by atoms with E-state index in [0.29, 0.717) is 17.9 Å². The molecule has 4 aromatic rings. The number of hydrogen-bond acceptors (Lipinski definition) is 7. The summed E-state index contributed by atoms with van der Waals surface area (Å²) in [6.45, 7) is 5.09. The maximum absolute atomic E-state index is 13.0. The van der Waals surface area contributed by atoms with E-state index in [9.17, 15) is 4.79 Å². The smallest absolute Gasteiger partial charge is 0.287 e. The molecule has 1 fully saturated rings. The molecule has 5 rings (SSSR count). The number of carbonyl (C=O) groups is 1. The zero-order chi connectivity index (χ0) is 23.2. The molecule has 0 bridgehead atoms. The van der Waals surface area contributed by atoms with E-state index in [-0.39, 0.29) is 12.5 Å². The lowest BCUT2D eigenvalue weighted by atomic mass is 10.1. The minimum absolute atomic E-state index is 0.223. The number of rotatable bonds is 8. The van der Waals surface area contributed by atoms with E-state index in [4.69, 9.17) is 9.15 Å². The van der Waals surface area contributed by atoms with E-state index in [1.54, 1.807) is 12.4 Å². The number of aromatic nitrogens is 2. The molecule has 0 unspecified atom stereocenters. The van der Waals surface area contributed by atoms with Crippen LogP contribution in [0.25, 0.3) is 11.0 Å². The summed E-state index contributed by atoms with van der Waals surface area (Å²) in [5.41, 5.74) is 1.44. The van der Waals surface area contributed by atoms with Gasteiger partial charge in [-0.3, -0.25) is 9.69 Å². The highest BCUT2D eigenvalue weighted by Gasteiger charge is 2.22. The average Bonchev–Trinajstić information content (AvgIpc) is 3.28. The molecule has 2 aromatic carbocycles. The summed E-state index contributed by atoms with van der Waals surface area (Å²) in [5.74, 6) is 1.60. The second-order valence-electron chi connectivity index (χ2n) is 8.14. The highest BCUT2D eigenvalue weighted by atomic mass is 16.5. The van der Waals surface area contributed by atoms with E-state index >= 15 is 0 Å². The Morgan fingerprint density at radius 1 is 0.941 bits per heavy atom. The SMILES string of the molecule is O=C(NCCN1CCN(c2ncccn2)CC1)c1oc2ccccc2c1COc1ccccc1. The first kappa shape index (κ1) is 21.9. The van der Waals surface area contributed by atoms with Crippen LogP contribution in [0.1, 0.15) is 16.1 Å². The van der Waals surface area contributed by atoms with Gasteiger partial charge in [-0.2, -0.15) is 0 Å². The third kappa shape index (κ3) is 5.02. The summed E-state index contributed by atoms with van der Waals surface area (Å²) in [6, 6.07) is 19.0. The Balaban J connectivity index is 1.18. The molecule has 8 heteroatoms. The van der Waals surface area contributed by atoms with Crippen molar-refractivity contribution in [1.82, 2.24) is 20.2 Å². The molecule has 8 nitrogen and oxygen atoms in total. The van der Waals surface area contributed by atoms with Gasteiger partial charge in [0.25, 0.3) is 5.91 Å². The molecule has 0 atom stereocenters. The van der Waals surface area contributed by atoms with Crippen LogP contribution in [0.5, 0.6) is 5.75 Å². The first-order valence-corrected chi connectivity index (χ1v) is 11.5. The van der Waals surface area contributed by atoms with Crippen LogP contribution in [0.15, 0.2) is 77.5 Å². The molecule has 1 saturated heterocycles. The molecule has 1 aliphatic rings. The summed E-state index contributed by atoms with van der Waals surface area (Å²) in [5, 5.41) is 3.91. The number of nitrogens with one attached hydrogen (secondary N) is 1. The van der Waals surface area contributed by atoms with Crippen molar-refractivity contribution < 1.29 is 13.9 Å². The molecule has 0 aliphatic carbocycles. The summed E-state index contributed by atoms with van der Waals surface area (Å²) >= 11 is 0. The second kappa shape index (κ2) is 10.4. The Morgan fingerprint density at radius 2 is 1.68 bits per heavy atom. The first-order valence-electron chi connectivity index (χ1n) is 11.5. The fourth-order valence-corrected chi connectivity index (χ4v) is 4.13. The quantitative estimate of drug-likeness (QED) is 0.434. The maximum atomic E-state index is 13.0. The molecule has 1 amide bonds. The van der Waals surface area contributed by atoms with Crippen molar-refractivity contribution in [3.8, 4) is 5.75 Å². The molecule has 1 N–H and O–H groups in total. The zero-order valence-corrected chi connectivity index (χ0v) is 18.9. The van der Waals surface area contributed by atoms with Crippen LogP contribution in [0.2, 0.25) is 0 Å². The van der Waals surface area contributed by atoms with Crippen LogP contribution in [-0.4, -0.2) is 60.0 Å². The van der Waals surface area contributed by atoms with Gasteiger partial charge in [-0.1, -0.05) is 36.4 Å². The van der Waals surface area contributed by atoms with Crippen LogP contribution < -0.4 is 15.0 Å². The fraction of sp³-hybridized carbons (Fsp3) is 0.269. The number of carbonyl (C=O) groups excluding carboxylic acids is 1. The van der Waals surface area contributed by atoms with Crippen LogP contribution in [0, 0.1) is 0 Å². The Kier molecular flexibility index (Phi) is 6.67. The lowest BCUT2D eigenvalue weighted by Gasteiger charge is -2.34. The number of amides is 1. The summed E-state index contributed by atoms with van der Waals surface area (Å²) < 4.78 is 11.9. The largest absolute Gasteiger partial charge is 0.489 e. The van der Waals surface area contributed by atoms with Crippen LogP contribution in [0.4, 0.5) is 5.95 Å². The van der Waals surface area contributed by atoms with Gasteiger partial charge in [-0.25, -0.2) is 9.97 Å². The Hall–Kier alpha value is -3.91. The molecule has 0 spiro atoms. The van der Waals surface area contributed by atoms with Crippen LogP contribution in [-0.2, 0) is 6.61 Å². The topological polar surface area (TPSA) is 83.7 Å². The number of ether oxygens (including phenoxy) is 1. The Bertz CT molecular complexity index is 1220. The number of hydrogen-bond donors (Lipinski definition) is 1. The highest BCUT2D eigenvalue weighted by Crippen LogP contribution is 2.27. The Labute approximate surface area is 198 Å². The predicted molar refractivity (Wildman–Crippen MR) is 130 cm³/mol. The lowest BCUT2D eigenvalue weighted by Crippen LogP contribution is -2.49. The summed E-state index contributed by atoms with van der Waals surface area (Å²) in [6.07, 6.45) is 3.53. The number of para-hydroxylation sites is 2. The number of fused-ring (bicyclic) bond motifs is 1. The van der Waals surface area contributed by atoms with Gasteiger partial charge in [0.2, 0.25) is 5.95 Å². The maximum Gasteiger partial charge on any atom is 0.287 e. The van der Waals surface area contributed by atoms with E-state index in [1.165, 1.54) is 0 Å². The second-order valence-corrected chi connectivity index (χ2v) is 8.14. The zero-order valence-electron chi connectivity index (χ0n) is 18.9. The highest BCUT2D eigenvalue weighted by molar-refractivity contribution is 5.99. The summed E-state index contributed by atoms with van der Waals surface area (Å²) in [4.78, 5) is 26.2. The van der Waals surface area contributed by atoms with E-state index < -0.39 is 0 Å². The van der Waals surface area contributed by atoms with Crippen molar-refractivity contribution in [1.29, 1.82) is 0 Å². The first-order chi connectivity index (χ1) is 16.8. The molecule has 174 valence electrons. The van der Waals surface area contributed by atoms with Crippen LogP contribution in [0.3, 0.4) is 0 Å². The van der Waals surface area contributed by atoms with Gasteiger partial charge in [-0.15, -0.1) is 0 Å². The van der Waals surface area contributed by atoms with Crippen molar-refractivity contribution in [2.45, 2.75) is 6.61 Å². The molecule has 2 aromatic heterocycles. The number of benzene rings is 2. The lowest BCUT2D eigenvalue weighted by molar-refractivity contribution is 0.0919. The van der Waals surface area contributed by atoms with Gasteiger partial charge in [0, 0.05) is 62.6 Å². The van der Waals surface area contributed by atoms with Gasteiger partial charge in [0.05, 0.1) is 0 Å². The third-order valence-electron chi connectivity index (χ3n) is 5.95. The minimum atomic E-state index is -0.223. The van der Waals surface area contributed by atoms with Crippen molar-refractivity contribution in [3.63, 3.8) is 0 Å². The third-order valence-corrected chi connectivity index (χ3v) is 5.95. The van der Waals surface area contributed by atoms with Gasteiger partial charge in [0.1, 0.15) is 17.9 Å². The molecule has 34 heavy (non-hydrogen) atoms. The molecule has 0 saturated carbocycles. The summed E-state index contributed by atoms with van der Waals surface area (Å²) in [7, 11) is 0. The van der Waals surface area contributed by atoms with Gasteiger partial charge in [-0.05, 0) is 24.3 Å². The number of nitrogens with zero attached hydrogens (tertiary/aromatic N) is 4. The minimum Gasteiger partial charge on any atom is -0.489 e. The number of furan rings is 1. The average molecular weight is 458 g/mol. The van der Waals surface area contributed by atoms with Gasteiger partial charge < -0.3 is 19.4 Å². The van der Waals surface area contributed by atoms with E-state index in [2.05, 4.69) is 25.1 Å². The van der Waals surface area contributed by atoms with E-state index in [0.717, 1.165) is 55.4 Å². The van der Waals surface area contributed by atoms with Crippen LogP contribution >= 0.6 is 0 Å². The Morgan fingerprint density at radius 3 is 2.47 bits per heavy atom. The van der Waals surface area contributed by atoms with Gasteiger partial charge in [0.15, 0.2) is 5.76 Å². The molecular weight excluding hydrogens is 430 g/mol. The monoisotopic (exact) mass is 457 g/mol. The molecule has 3 heterocycles. The predicted octanol–water partition coefficient (Wildman–Crippen LogP) is 3.35.